The van der Waals surface area contributed by atoms with Crippen molar-refractivity contribution in [3.05, 3.63) is 74.8 Å². The van der Waals surface area contributed by atoms with Gasteiger partial charge in [0.15, 0.2) is 0 Å². The van der Waals surface area contributed by atoms with Crippen LogP contribution in [0.3, 0.4) is 0 Å². The Bertz CT molecular complexity index is 874. The maximum Gasteiger partial charge on any atom is 0.365 e. The zero-order valence-electron chi connectivity index (χ0n) is 16.9. The lowest BCUT2D eigenvalue weighted by molar-refractivity contribution is -0.501. The van der Waals surface area contributed by atoms with Crippen LogP contribution in [0.2, 0.25) is 0 Å². The standard InChI is InChI=1S/C21H24N2O6/c1-5-28-20(24)21(14-23(25)26,18-11-15(2)10-16(3)12-18)29-22-13-17-6-8-19(27-4)9-7-17/h6-13H,5,14H2,1-4H3/b22-13-/t21-/m1/s1. The maximum atomic E-state index is 12.8. The number of oxime groups is 1. The molecule has 29 heavy (non-hydrogen) atoms. The van der Waals surface area contributed by atoms with Crippen LogP contribution in [0.1, 0.15) is 29.2 Å². The first kappa shape index (κ1) is 21.9. The maximum absolute atomic E-state index is 12.8. The minimum atomic E-state index is -2.00. The summed E-state index contributed by atoms with van der Waals surface area (Å²) in [4.78, 5) is 29.1. The van der Waals surface area contributed by atoms with E-state index in [9.17, 15) is 14.9 Å². The van der Waals surface area contributed by atoms with Gasteiger partial charge in [0.05, 0.1) is 19.9 Å². The van der Waals surface area contributed by atoms with E-state index in [4.69, 9.17) is 14.3 Å². The van der Waals surface area contributed by atoms with E-state index in [1.54, 1.807) is 50.4 Å². The van der Waals surface area contributed by atoms with Gasteiger partial charge in [-0.25, -0.2) is 4.79 Å². The molecule has 8 nitrogen and oxygen atoms in total. The van der Waals surface area contributed by atoms with Gasteiger partial charge in [0.2, 0.25) is 0 Å². The molecule has 8 heteroatoms. The van der Waals surface area contributed by atoms with E-state index in [0.717, 1.165) is 11.1 Å². The number of aryl methyl sites for hydroxylation is 2. The van der Waals surface area contributed by atoms with Gasteiger partial charge in [-0.15, -0.1) is 0 Å². The van der Waals surface area contributed by atoms with E-state index in [-0.39, 0.29) is 6.61 Å². The third-order valence-corrected chi connectivity index (χ3v) is 4.17. The lowest BCUT2D eigenvalue weighted by Crippen LogP contribution is -2.45. The fraction of sp³-hybridized carbons (Fsp3) is 0.333. The highest BCUT2D eigenvalue weighted by atomic mass is 16.7. The first-order chi connectivity index (χ1) is 13.8. The highest BCUT2D eigenvalue weighted by Gasteiger charge is 2.51. The molecule has 154 valence electrons. The lowest BCUT2D eigenvalue weighted by atomic mass is 9.91. The van der Waals surface area contributed by atoms with Crippen molar-refractivity contribution < 1.29 is 24.0 Å². The number of methoxy groups -OCH3 is 1. The van der Waals surface area contributed by atoms with Crippen molar-refractivity contribution in [2.75, 3.05) is 20.3 Å². The van der Waals surface area contributed by atoms with Crippen molar-refractivity contribution in [1.82, 2.24) is 0 Å². The zero-order chi connectivity index (χ0) is 21.4. The Kier molecular flexibility index (Phi) is 7.30. The predicted octanol–water partition coefficient (Wildman–Crippen LogP) is 3.40. The van der Waals surface area contributed by atoms with Crippen LogP contribution in [-0.4, -0.2) is 37.4 Å². The van der Waals surface area contributed by atoms with Gasteiger partial charge < -0.3 is 14.3 Å². The van der Waals surface area contributed by atoms with Crippen molar-refractivity contribution in [3.63, 3.8) is 0 Å². The molecule has 2 aromatic rings. The molecule has 0 saturated heterocycles. The molecule has 2 aromatic carbocycles. The highest BCUT2D eigenvalue weighted by molar-refractivity contribution is 5.83. The van der Waals surface area contributed by atoms with Crippen LogP contribution in [0, 0.1) is 24.0 Å². The fourth-order valence-corrected chi connectivity index (χ4v) is 2.90. The molecular formula is C21H24N2O6. The van der Waals surface area contributed by atoms with E-state index < -0.39 is 23.0 Å². The molecular weight excluding hydrogens is 376 g/mol. The number of nitrogens with zero attached hydrogens (tertiary/aromatic N) is 2. The molecule has 0 aliphatic carbocycles. The van der Waals surface area contributed by atoms with E-state index in [1.807, 2.05) is 19.9 Å². The molecule has 0 N–H and O–H groups in total. The number of nitro groups is 1. The molecule has 1 atom stereocenters. The Hall–Kier alpha value is -3.42. The van der Waals surface area contributed by atoms with Crippen molar-refractivity contribution >= 4 is 12.2 Å². The quantitative estimate of drug-likeness (QED) is 0.277. The second-order valence-corrected chi connectivity index (χ2v) is 6.51. The number of hydrogen-bond acceptors (Lipinski definition) is 7. The molecule has 0 heterocycles. The molecule has 0 aromatic heterocycles. The smallest absolute Gasteiger partial charge is 0.365 e. The SMILES string of the molecule is CCOC(=O)[C@](C[N+](=O)[O-])(O/N=C\c1ccc(OC)cc1)c1cc(C)cc(C)c1. The Labute approximate surface area is 169 Å². The van der Waals surface area contributed by atoms with Crippen LogP contribution in [0.25, 0.3) is 0 Å². The third kappa shape index (κ3) is 5.54. The highest BCUT2D eigenvalue weighted by Crippen LogP contribution is 2.30. The third-order valence-electron chi connectivity index (χ3n) is 4.17. The average Bonchev–Trinajstić information content (AvgIpc) is 2.66. The molecule has 0 saturated carbocycles. The number of rotatable bonds is 9. The van der Waals surface area contributed by atoms with E-state index in [2.05, 4.69) is 5.16 Å². The number of carbonyl (C=O) groups is 1. The molecule has 0 spiro atoms. The Morgan fingerprint density at radius 3 is 2.31 bits per heavy atom. The summed E-state index contributed by atoms with van der Waals surface area (Å²) < 4.78 is 10.2. The van der Waals surface area contributed by atoms with Gasteiger partial charge >= 0.3 is 11.6 Å². The predicted molar refractivity (Wildman–Crippen MR) is 108 cm³/mol. The normalized spacial score (nSPS) is 13.0. The number of benzene rings is 2. The molecule has 0 aliphatic heterocycles. The van der Waals surface area contributed by atoms with Gasteiger partial charge in [-0.2, -0.15) is 0 Å². The molecule has 0 bridgehead atoms. The monoisotopic (exact) mass is 400 g/mol. The van der Waals surface area contributed by atoms with Crippen molar-refractivity contribution in [2.24, 2.45) is 5.16 Å². The summed E-state index contributed by atoms with van der Waals surface area (Å²) in [7, 11) is 1.56. The van der Waals surface area contributed by atoms with Crippen LogP contribution < -0.4 is 4.74 Å². The van der Waals surface area contributed by atoms with Gasteiger partial charge in [0, 0.05) is 10.5 Å². The first-order valence-electron chi connectivity index (χ1n) is 9.04. The summed E-state index contributed by atoms with van der Waals surface area (Å²) in [5.41, 5.74) is 0.654. The number of carbonyl (C=O) groups excluding carboxylic acids is 1. The van der Waals surface area contributed by atoms with E-state index >= 15 is 0 Å². The van der Waals surface area contributed by atoms with E-state index in [0.29, 0.717) is 16.9 Å². The summed E-state index contributed by atoms with van der Waals surface area (Å²) in [6.45, 7) is 4.51. The number of ether oxygens (including phenoxy) is 2. The summed E-state index contributed by atoms with van der Waals surface area (Å²) in [5.74, 6) is -0.193. The van der Waals surface area contributed by atoms with Crippen LogP contribution >= 0.6 is 0 Å². The summed E-state index contributed by atoms with van der Waals surface area (Å²) >= 11 is 0. The van der Waals surface area contributed by atoms with Crippen LogP contribution in [0.15, 0.2) is 47.6 Å². The molecule has 2 rings (SSSR count). The average molecular weight is 400 g/mol. The van der Waals surface area contributed by atoms with Gasteiger partial charge in [-0.3, -0.25) is 10.1 Å². The number of esters is 1. The summed E-state index contributed by atoms with van der Waals surface area (Å²) in [6.07, 6.45) is 1.37. The minimum absolute atomic E-state index is 0.0502. The first-order valence-corrected chi connectivity index (χ1v) is 9.04. The molecule has 0 aliphatic rings. The molecule has 0 fully saturated rings. The van der Waals surface area contributed by atoms with E-state index in [1.165, 1.54) is 6.21 Å². The Balaban J connectivity index is 2.46. The van der Waals surface area contributed by atoms with Gasteiger partial charge in [0.25, 0.3) is 6.54 Å². The minimum Gasteiger partial charge on any atom is -0.497 e. The molecule has 0 radical (unpaired) electrons. The van der Waals surface area contributed by atoms with Gasteiger partial charge in [-0.1, -0.05) is 34.5 Å². The fourth-order valence-electron chi connectivity index (χ4n) is 2.90. The lowest BCUT2D eigenvalue weighted by Gasteiger charge is -2.26. The van der Waals surface area contributed by atoms with Crippen molar-refractivity contribution in [3.8, 4) is 5.75 Å². The second-order valence-electron chi connectivity index (χ2n) is 6.51. The zero-order valence-corrected chi connectivity index (χ0v) is 16.9. The van der Waals surface area contributed by atoms with Gasteiger partial charge in [-0.05, 0) is 50.6 Å². The molecule has 0 amide bonds. The largest absolute Gasteiger partial charge is 0.497 e. The van der Waals surface area contributed by atoms with Crippen molar-refractivity contribution in [1.29, 1.82) is 0 Å². The van der Waals surface area contributed by atoms with Crippen LogP contribution in [0.4, 0.5) is 0 Å². The molecule has 0 unspecified atom stereocenters. The Morgan fingerprint density at radius 1 is 1.17 bits per heavy atom. The second kappa shape index (κ2) is 9.68. The van der Waals surface area contributed by atoms with Crippen LogP contribution in [0.5, 0.6) is 5.75 Å². The topological polar surface area (TPSA) is 100 Å². The van der Waals surface area contributed by atoms with Crippen LogP contribution in [-0.2, 0) is 20.0 Å². The summed E-state index contributed by atoms with van der Waals surface area (Å²) in [5, 5.41) is 15.3. The summed E-state index contributed by atoms with van der Waals surface area (Å²) in [6, 6.07) is 12.2. The Morgan fingerprint density at radius 2 is 1.79 bits per heavy atom. The number of hydrogen-bond donors (Lipinski definition) is 0. The van der Waals surface area contributed by atoms with Gasteiger partial charge in [0.1, 0.15) is 5.75 Å². The van der Waals surface area contributed by atoms with Crippen molar-refractivity contribution in [2.45, 2.75) is 26.4 Å².